The van der Waals surface area contributed by atoms with Crippen LogP contribution in [0.2, 0.25) is 0 Å². The van der Waals surface area contributed by atoms with Gasteiger partial charge in [0.1, 0.15) is 24.4 Å². The standard InChI is InChI=1S/C20H26N10O12P2S2/c21-19-25-13-9(15(33)27-19)23-4-29(13)17-7(31)1-6(40-17)2-39-44(37,46)42-12-8(3-38-43(35,36)45)41-18(11(12)32)30-5-24-10-14(30)26-20(22)28-16(10)34/h4-8,11-12,17-18,31-32H,1-3H2,(H,37,46)(H2,35,36,45)(H3,21,25,27,33)(H3,22,26,28,34)/t6?,7-,8?,11-,12-,17-,18-,44?/m1/s1. The molecule has 4 unspecified atom stereocenters. The van der Waals surface area contributed by atoms with Gasteiger partial charge in [-0.05, 0) is 0 Å². The lowest BCUT2D eigenvalue weighted by atomic mass is 10.1. The number of thiol groups is 2. The van der Waals surface area contributed by atoms with Gasteiger partial charge in [-0.25, -0.2) is 19.1 Å². The maximum atomic E-state index is 13.4. The van der Waals surface area contributed by atoms with Crippen LogP contribution in [0.25, 0.3) is 22.3 Å². The van der Waals surface area contributed by atoms with Crippen LogP contribution in [0.5, 0.6) is 0 Å². The monoisotopic (exact) mass is 724 g/mol. The van der Waals surface area contributed by atoms with Gasteiger partial charge in [-0.1, -0.05) is 24.5 Å². The van der Waals surface area contributed by atoms with Gasteiger partial charge in [0.15, 0.2) is 34.8 Å². The molecule has 0 aliphatic carbocycles. The molecule has 0 spiro atoms. The summed E-state index contributed by atoms with van der Waals surface area (Å²) in [5.41, 5.74) is 9.86. The molecule has 250 valence electrons. The first kappa shape index (κ1) is 33.1. The van der Waals surface area contributed by atoms with Crippen molar-refractivity contribution in [1.29, 1.82) is 0 Å². The van der Waals surface area contributed by atoms with E-state index in [0.717, 1.165) is 10.9 Å². The van der Waals surface area contributed by atoms with Gasteiger partial charge in [-0.2, -0.15) is 9.97 Å². The van der Waals surface area contributed by atoms with Crippen molar-refractivity contribution >= 4 is 72.3 Å². The van der Waals surface area contributed by atoms with Gasteiger partial charge in [0, 0.05) is 6.42 Å². The summed E-state index contributed by atoms with van der Waals surface area (Å²) in [5, 5.41) is 21.9. The number of aliphatic hydroxyl groups excluding tert-OH is 2. The second-order valence-electron chi connectivity index (χ2n) is 10.2. The van der Waals surface area contributed by atoms with Crippen molar-refractivity contribution in [3.63, 3.8) is 0 Å². The number of rotatable bonds is 10. The Hall–Kier alpha value is -2.86. The predicted octanol–water partition coefficient (Wildman–Crippen LogP) is -1.19. The molecule has 9 N–H and O–H groups in total. The van der Waals surface area contributed by atoms with Crippen LogP contribution in [0.4, 0.5) is 11.9 Å². The van der Waals surface area contributed by atoms with E-state index >= 15 is 0 Å². The topological polar surface area (TPSA) is 320 Å². The van der Waals surface area contributed by atoms with Crippen LogP contribution < -0.4 is 22.6 Å². The SMILES string of the molecule is Nc1nc2c(ncn2[C@@H]2OC(COP(=O)(O)S)[C@@H](OP(=O)(S)OCC3C[C@@H](O)[C@H](n4cnc5c(=O)[nH]c(N)nc54)O3)[C@H]2O)c(=O)[nH]1. The number of ether oxygens (including phenoxy) is 2. The average molecular weight is 725 g/mol. The number of hydrogen-bond acceptors (Lipinski definition) is 17. The molecule has 4 aromatic heterocycles. The fraction of sp³-hybridized carbons (Fsp3) is 0.500. The smallest absolute Gasteiger partial charge is 0.386 e. The van der Waals surface area contributed by atoms with E-state index in [4.69, 9.17) is 34.5 Å². The molecule has 0 bridgehead atoms. The highest BCUT2D eigenvalue weighted by molar-refractivity contribution is 8.44. The molecule has 2 saturated heterocycles. The van der Waals surface area contributed by atoms with E-state index in [1.165, 1.54) is 10.9 Å². The zero-order valence-corrected chi connectivity index (χ0v) is 26.5. The molecule has 2 fully saturated rings. The van der Waals surface area contributed by atoms with Gasteiger partial charge in [0.25, 0.3) is 11.1 Å². The van der Waals surface area contributed by atoms with Crippen LogP contribution in [0.15, 0.2) is 22.2 Å². The van der Waals surface area contributed by atoms with Gasteiger partial charge in [0.05, 0.1) is 32.0 Å². The normalized spacial score (nSPS) is 29.4. The number of aliphatic hydroxyl groups is 2. The third kappa shape index (κ3) is 6.61. The Bertz CT molecular complexity index is 2000. The van der Waals surface area contributed by atoms with E-state index in [-0.39, 0.29) is 40.6 Å². The first-order chi connectivity index (χ1) is 21.6. The summed E-state index contributed by atoms with van der Waals surface area (Å²) in [7, 11) is 0. The molecule has 9 atom stereocenters. The first-order valence-corrected chi connectivity index (χ1v) is 18.5. The van der Waals surface area contributed by atoms with Crippen molar-refractivity contribution < 1.29 is 47.3 Å². The van der Waals surface area contributed by atoms with Crippen molar-refractivity contribution in [3.8, 4) is 0 Å². The van der Waals surface area contributed by atoms with E-state index < -0.39 is 80.9 Å². The first-order valence-electron chi connectivity index (χ1n) is 13.1. The number of H-pyrrole nitrogens is 2. The molecular formula is C20H26N10O12P2S2. The van der Waals surface area contributed by atoms with Gasteiger partial charge in [0.2, 0.25) is 11.9 Å². The Labute approximate surface area is 265 Å². The van der Waals surface area contributed by atoms with E-state index in [1.807, 2.05) is 0 Å². The molecule has 0 amide bonds. The van der Waals surface area contributed by atoms with Crippen LogP contribution in [0.1, 0.15) is 18.9 Å². The van der Waals surface area contributed by atoms with Crippen molar-refractivity contribution in [3.05, 3.63) is 33.4 Å². The predicted molar refractivity (Wildman–Crippen MR) is 162 cm³/mol. The summed E-state index contributed by atoms with van der Waals surface area (Å²) in [5.74, 6) is -0.420. The number of nitrogen functional groups attached to an aromatic ring is 2. The Morgan fingerprint density at radius 2 is 1.50 bits per heavy atom. The second kappa shape index (κ2) is 12.3. The molecule has 0 radical (unpaired) electrons. The molecule has 6 rings (SSSR count). The van der Waals surface area contributed by atoms with Gasteiger partial charge in [-0.3, -0.25) is 42.3 Å². The van der Waals surface area contributed by atoms with Gasteiger partial charge < -0.3 is 36.0 Å². The number of nitrogens with zero attached hydrogens (tertiary/aromatic N) is 6. The Morgan fingerprint density at radius 1 is 0.935 bits per heavy atom. The summed E-state index contributed by atoms with van der Waals surface area (Å²) in [6.07, 6.45) is -6.67. The molecule has 6 heterocycles. The summed E-state index contributed by atoms with van der Waals surface area (Å²) < 4.78 is 55.0. The highest BCUT2D eigenvalue weighted by Crippen LogP contribution is 2.57. The van der Waals surface area contributed by atoms with E-state index in [9.17, 15) is 33.8 Å². The molecule has 0 saturated carbocycles. The van der Waals surface area contributed by atoms with Crippen molar-refractivity contribution in [2.75, 3.05) is 24.7 Å². The number of fused-ring (bicyclic) bond motifs is 2. The van der Waals surface area contributed by atoms with Crippen molar-refractivity contribution in [2.45, 2.75) is 49.4 Å². The molecular weight excluding hydrogens is 698 g/mol. The number of nitrogens with one attached hydrogen (secondary N) is 2. The number of anilines is 2. The number of aromatic nitrogens is 8. The molecule has 22 nitrogen and oxygen atoms in total. The third-order valence-electron chi connectivity index (χ3n) is 7.01. The summed E-state index contributed by atoms with van der Waals surface area (Å²) >= 11 is 7.46. The van der Waals surface area contributed by atoms with Gasteiger partial charge in [-0.15, -0.1) is 0 Å². The molecule has 26 heteroatoms. The maximum Gasteiger partial charge on any atom is 0.386 e. The summed E-state index contributed by atoms with van der Waals surface area (Å²) in [6, 6.07) is 0. The fourth-order valence-corrected chi connectivity index (χ4v) is 7.14. The zero-order valence-electron chi connectivity index (χ0n) is 23.0. The summed E-state index contributed by atoms with van der Waals surface area (Å²) in [6.45, 7) is -9.82. The zero-order chi connectivity index (χ0) is 33.1. The molecule has 46 heavy (non-hydrogen) atoms. The number of nitrogens with two attached hydrogens (primary N) is 2. The van der Waals surface area contributed by atoms with E-state index in [0.29, 0.717) is 0 Å². The number of imidazole rings is 2. The fourth-order valence-electron chi connectivity index (χ4n) is 5.09. The molecule has 0 aromatic carbocycles. The minimum Gasteiger partial charge on any atom is -0.388 e. The molecule has 4 aromatic rings. The second-order valence-corrected chi connectivity index (χ2v) is 15.8. The molecule has 2 aliphatic heterocycles. The lowest BCUT2D eigenvalue weighted by Crippen LogP contribution is -2.35. The molecule has 2 aliphatic rings. The van der Waals surface area contributed by atoms with Crippen LogP contribution in [0, 0.1) is 0 Å². The highest BCUT2D eigenvalue weighted by atomic mass is 32.7. The van der Waals surface area contributed by atoms with Crippen molar-refractivity contribution in [2.24, 2.45) is 0 Å². The Balaban J connectivity index is 1.17. The lowest BCUT2D eigenvalue weighted by molar-refractivity contribution is -0.0502. The largest absolute Gasteiger partial charge is 0.388 e. The maximum absolute atomic E-state index is 13.4. The Kier molecular flexibility index (Phi) is 8.84. The minimum atomic E-state index is -4.37. The number of aromatic amines is 2. The van der Waals surface area contributed by atoms with E-state index in [1.54, 1.807) is 0 Å². The van der Waals surface area contributed by atoms with Crippen LogP contribution in [0.3, 0.4) is 0 Å². The Morgan fingerprint density at radius 3 is 2.07 bits per heavy atom. The quantitative estimate of drug-likeness (QED) is 0.0686. The highest BCUT2D eigenvalue weighted by Gasteiger charge is 2.50. The van der Waals surface area contributed by atoms with E-state index in [2.05, 4.69) is 54.4 Å². The van der Waals surface area contributed by atoms with Crippen LogP contribution in [-0.4, -0.2) is 97.9 Å². The van der Waals surface area contributed by atoms with Crippen LogP contribution in [-0.2, 0) is 32.2 Å². The van der Waals surface area contributed by atoms with Crippen LogP contribution >= 0.6 is 38.1 Å². The minimum absolute atomic E-state index is 0.0127. The number of hydrogen-bond donors (Lipinski definition) is 9. The lowest BCUT2D eigenvalue weighted by Gasteiger charge is -2.24. The van der Waals surface area contributed by atoms with Crippen molar-refractivity contribution in [1.82, 2.24) is 39.0 Å². The third-order valence-corrected chi connectivity index (χ3v) is 9.46. The summed E-state index contributed by atoms with van der Waals surface area (Å²) in [4.78, 5) is 54.5. The van der Waals surface area contributed by atoms with Gasteiger partial charge >= 0.3 is 13.6 Å². The average Bonchev–Trinajstić information content (AvgIpc) is 3.72.